The number of aryl methyl sites for hydroxylation is 2. The van der Waals surface area contributed by atoms with Crippen molar-refractivity contribution in [3.05, 3.63) is 89.7 Å². The van der Waals surface area contributed by atoms with E-state index < -0.39 is 0 Å². The van der Waals surface area contributed by atoms with Crippen LogP contribution in [0.15, 0.2) is 77.8 Å². The lowest BCUT2D eigenvalue weighted by molar-refractivity contribution is -0.113. The fourth-order valence-corrected chi connectivity index (χ4v) is 3.96. The maximum absolute atomic E-state index is 12.6. The first-order valence-corrected chi connectivity index (χ1v) is 11.0. The summed E-state index contributed by atoms with van der Waals surface area (Å²) >= 11 is 1.40. The van der Waals surface area contributed by atoms with E-state index in [2.05, 4.69) is 15.3 Å². The van der Waals surface area contributed by atoms with Crippen LogP contribution in [0.25, 0.3) is 10.9 Å². The number of nitrogens with one attached hydrogen (secondary N) is 1. The van der Waals surface area contributed by atoms with Gasteiger partial charge in [-0.25, -0.2) is 9.97 Å². The Balaban J connectivity index is 1.49. The van der Waals surface area contributed by atoms with Crippen LogP contribution in [-0.2, 0) is 11.4 Å². The van der Waals surface area contributed by atoms with Crippen LogP contribution in [0, 0.1) is 13.8 Å². The van der Waals surface area contributed by atoms with E-state index in [9.17, 15) is 4.79 Å². The van der Waals surface area contributed by atoms with Gasteiger partial charge in [-0.15, -0.1) is 0 Å². The Labute approximate surface area is 185 Å². The summed E-state index contributed by atoms with van der Waals surface area (Å²) in [6, 6.07) is 23.4. The molecular weight excluding hydrogens is 406 g/mol. The molecule has 156 valence electrons. The first kappa shape index (κ1) is 20.9. The average Bonchev–Trinajstić information content (AvgIpc) is 2.79. The maximum Gasteiger partial charge on any atom is 0.234 e. The van der Waals surface area contributed by atoms with Crippen LogP contribution in [0.1, 0.15) is 17.0 Å². The molecule has 1 amide bonds. The van der Waals surface area contributed by atoms with Crippen molar-refractivity contribution < 1.29 is 9.53 Å². The van der Waals surface area contributed by atoms with Gasteiger partial charge in [0.05, 0.1) is 11.3 Å². The Morgan fingerprint density at radius 2 is 1.74 bits per heavy atom. The highest BCUT2D eigenvalue weighted by Crippen LogP contribution is 2.26. The molecule has 1 N–H and O–H groups in total. The summed E-state index contributed by atoms with van der Waals surface area (Å²) in [5.74, 6) is 1.54. The van der Waals surface area contributed by atoms with Crippen molar-refractivity contribution in [3.8, 4) is 5.75 Å². The number of para-hydroxylation sites is 2. The molecule has 0 spiro atoms. The quantitative estimate of drug-likeness (QED) is 0.308. The van der Waals surface area contributed by atoms with E-state index in [1.807, 2.05) is 86.6 Å². The molecule has 6 heteroatoms. The number of thioether (sulfide) groups is 1. The second-order valence-corrected chi connectivity index (χ2v) is 8.18. The van der Waals surface area contributed by atoms with E-state index >= 15 is 0 Å². The number of fused-ring (bicyclic) bond motifs is 1. The van der Waals surface area contributed by atoms with Crippen molar-refractivity contribution in [2.75, 3.05) is 11.1 Å². The van der Waals surface area contributed by atoms with Gasteiger partial charge in [0.15, 0.2) is 5.82 Å². The van der Waals surface area contributed by atoms with Crippen molar-refractivity contribution >= 4 is 34.3 Å². The first-order valence-electron chi connectivity index (χ1n) is 10.0. The summed E-state index contributed by atoms with van der Waals surface area (Å²) in [7, 11) is 0. The third-order valence-corrected chi connectivity index (χ3v) is 5.72. The van der Waals surface area contributed by atoms with Gasteiger partial charge in [0.2, 0.25) is 5.91 Å². The number of carbonyl (C=O) groups is 1. The van der Waals surface area contributed by atoms with E-state index in [1.165, 1.54) is 11.8 Å². The van der Waals surface area contributed by atoms with Crippen molar-refractivity contribution in [2.45, 2.75) is 25.5 Å². The fraction of sp³-hybridized carbons (Fsp3) is 0.160. The minimum absolute atomic E-state index is 0.0662. The number of hydrogen-bond acceptors (Lipinski definition) is 5. The molecule has 0 aliphatic rings. The lowest BCUT2D eigenvalue weighted by Gasteiger charge is -2.11. The summed E-state index contributed by atoms with van der Waals surface area (Å²) in [6.45, 7) is 4.26. The number of nitrogens with zero attached hydrogens (tertiary/aromatic N) is 2. The van der Waals surface area contributed by atoms with Crippen LogP contribution >= 0.6 is 11.8 Å². The third-order valence-electron chi connectivity index (χ3n) is 4.73. The minimum atomic E-state index is -0.0662. The topological polar surface area (TPSA) is 64.1 Å². The molecule has 31 heavy (non-hydrogen) atoms. The summed E-state index contributed by atoms with van der Waals surface area (Å²) in [4.78, 5) is 21.9. The maximum atomic E-state index is 12.6. The second-order valence-electron chi connectivity index (χ2n) is 7.22. The highest BCUT2D eigenvalue weighted by atomic mass is 32.2. The Bertz CT molecular complexity index is 1210. The van der Waals surface area contributed by atoms with E-state index in [4.69, 9.17) is 4.74 Å². The molecular formula is C25H23N3O2S. The molecule has 1 heterocycles. The Kier molecular flexibility index (Phi) is 6.48. The van der Waals surface area contributed by atoms with Crippen molar-refractivity contribution in [1.82, 2.24) is 9.97 Å². The molecule has 4 rings (SSSR count). The molecule has 0 unspecified atom stereocenters. The van der Waals surface area contributed by atoms with Crippen LogP contribution < -0.4 is 10.1 Å². The Morgan fingerprint density at radius 3 is 2.58 bits per heavy atom. The number of rotatable bonds is 7. The molecule has 5 nitrogen and oxygen atoms in total. The van der Waals surface area contributed by atoms with Crippen LogP contribution in [-0.4, -0.2) is 21.6 Å². The minimum Gasteiger partial charge on any atom is -0.486 e. The fourth-order valence-electron chi connectivity index (χ4n) is 3.12. The third kappa shape index (κ3) is 5.41. The molecule has 0 radical (unpaired) electrons. The summed E-state index contributed by atoms with van der Waals surface area (Å²) in [5.41, 5.74) is 3.83. The lowest BCUT2D eigenvalue weighted by Crippen LogP contribution is -2.15. The molecule has 0 fully saturated rings. The zero-order valence-electron chi connectivity index (χ0n) is 17.5. The van der Waals surface area contributed by atoms with Gasteiger partial charge >= 0.3 is 0 Å². The SMILES string of the molecule is Cc1ccc(C)c(NC(=O)CSc2nc(COc3ccccc3)nc3ccccc23)c1. The molecule has 1 aromatic heterocycles. The number of aromatic nitrogens is 2. The second kappa shape index (κ2) is 9.62. The van der Waals surface area contributed by atoms with E-state index in [1.54, 1.807) is 0 Å². The monoisotopic (exact) mass is 429 g/mol. The molecule has 0 atom stereocenters. The molecule has 0 aliphatic carbocycles. The van der Waals surface area contributed by atoms with Gasteiger partial charge in [-0.1, -0.05) is 60.3 Å². The van der Waals surface area contributed by atoms with E-state index in [0.717, 1.165) is 38.5 Å². The highest BCUT2D eigenvalue weighted by Gasteiger charge is 2.12. The molecule has 0 saturated carbocycles. The zero-order chi connectivity index (χ0) is 21.6. The standard InChI is InChI=1S/C25H23N3O2S/c1-17-12-13-18(2)22(14-17)27-24(29)16-31-25-20-10-6-7-11-21(20)26-23(28-25)15-30-19-8-4-3-5-9-19/h3-14H,15-16H2,1-2H3,(H,27,29). The lowest BCUT2D eigenvalue weighted by atomic mass is 10.1. The predicted octanol–water partition coefficient (Wildman–Crippen LogP) is 5.56. The summed E-state index contributed by atoms with van der Waals surface area (Å²) in [6.07, 6.45) is 0. The number of anilines is 1. The van der Waals surface area contributed by atoms with E-state index in [-0.39, 0.29) is 18.3 Å². The average molecular weight is 430 g/mol. The van der Waals surface area contributed by atoms with Crippen LogP contribution in [0.5, 0.6) is 5.75 Å². The Morgan fingerprint density at radius 1 is 0.968 bits per heavy atom. The van der Waals surface area contributed by atoms with Crippen LogP contribution in [0.4, 0.5) is 5.69 Å². The number of ether oxygens (including phenoxy) is 1. The number of amides is 1. The predicted molar refractivity (Wildman–Crippen MR) is 126 cm³/mol. The van der Waals surface area contributed by atoms with Gasteiger partial charge in [-0.05, 0) is 49.2 Å². The number of hydrogen-bond donors (Lipinski definition) is 1. The normalized spacial score (nSPS) is 10.8. The first-order chi connectivity index (χ1) is 15.1. The van der Waals surface area contributed by atoms with Crippen LogP contribution in [0.2, 0.25) is 0 Å². The molecule has 3 aromatic carbocycles. The van der Waals surface area contributed by atoms with Gasteiger partial charge in [0.1, 0.15) is 17.4 Å². The molecule has 4 aromatic rings. The Hall–Kier alpha value is -3.38. The molecule has 0 saturated heterocycles. The number of carbonyl (C=O) groups excluding carboxylic acids is 1. The van der Waals surface area contributed by atoms with Crippen molar-refractivity contribution in [1.29, 1.82) is 0 Å². The van der Waals surface area contributed by atoms with Gasteiger partial charge in [0, 0.05) is 11.1 Å². The molecule has 0 bridgehead atoms. The highest BCUT2D eigenvalue weighted by molar-refractivity contribution is 8.00. The largest absolute Gasteiger partial charge is 0.486 e. The van der Waals surface area contributed by atoms with Crippen molar-refractivity contribution in [3.63, 3.8) is 0 Å². The van der Waals surface area contributed by atoms with Gasteiger partial charge in [-0.2, -0.15) is 0 Å². The zero-order valence-corrected chi connectivity index (χ0v) is 18.3. The van der Waals surface area contributed by atoms with Gasteiger partial charge in [0.25, 0.3) is 0 Å². The van der Waals surface area contributed by atoms with Gasteiger partial charge < -0.3 is 10.1 Å². The summed E-state index contributed by atoms with van der Waals surface area (Å²) < 4.78 is 5.81. The van der Waals surface area contributed by atoms with E-state index in [0.29, 0.717) is 5.82 Å². The summed E-state index contributed by atoms with van der Waals surface area (Å²) in [5, 5.41) is 4.70. The van der Waals surface area contributed by atoms with Crippen molar-refractivity contribution in [2.24, 2.45) is 0 Å². The smallest absolute Gasteiger partial charge is 0.234 e. The van der Waals surface area contributed by atoms with Gasteiger partial charge in [-0.3, -0.25) is 4.79 Å². The molecule has 0 aliphatic heterocycles. The van der Waals surface area contributed by atoms with Crippen LogP contribution in [0.3, 0.4) is 0 Å². The number of benzene rings is 3.